The van der Waals surface area contributed by atoms with Crippen molar-refractivity contribution in [2.24, 2.45) is 5.92 Å². The van der Waals surface area contributed by atoms with E-state index in [9.17, 15) is 14.4 Å². The van der Waals surface area contributed by atoms with Crippen LogP contribution >= 0.6 is 0 Å². The van der Waals surface area contributed by atoms with Crippen LogP contribution in [-0.4, -0.2) is 43.0 Å². The van der Waals surface area contributed by atoms with Crippen molar-refractivity contribution in [2.75, 3.05) is 26.2 Å². The van der Waals surface area contributed by atoms with Gasteiger partial charge in [0.25, 0.3) is 11.8 Å². The highest BCUT2D eigenvalue weighted by atomic mass is 16.5. The number of fused-ring (bicyclic) bond motifs is 1. The Morgan fingerprint density at radius 3 is 2.52 bits per heavy atom. The van der Waals surface area contributed by atoms with Gasteiger partial charge in [0.05, 0.1) is 5.39 Å². The van der Waals surface area contributed by atoms with Gasteiger partial charge in [-0.2, -0.15) is 0 Å². The molecule has 0 radical (unpaired) electrons. The third kappa shape index (κ3) is 5.12. The van der Waals surface area contributed by atoms with Crippen LogP contribution in [0.5, 0.6) is 5.75 Å². The zero-order valence-electron chi connectivity index (χ0n) is 17.1. The van der Waals surface area contributed by atoms with Crippen molar-refractivity contribution in [1.82, 2.24) is 10.2 Å². The normalized spacial score (nSPS) is 14.4. The third-order valence-corrected chi connectivity index (χ3v) is 5.48. The van der Waals surface area contributed by atoms with Gasteiger partial charge < -0.3 is 19.4 Å². The number of carbonyl (C=O) groups excluding carboxylic acids is 2. The number of ether oxygens (including phenoxy) is 1. The van der Waals surface area contributed by atoms with Crippen molar-refractivity contribution in [2.45, 2.75) is 12.8 Å². The van der Waals surface area contributed by atoms with Crippen molar-refractivity contribution in [3.05, 3.63) is 76.6 Å². The molecular formula is C24H24N2O5. The highest BCUT2D eigenvalue weighted by Gasteiger charge is 2.24. The van der Waals surface area contributed by atoms with Crippen LogP contribution in [0, 0.1) is 5.92 Å². The Hall–Kier alpha value is -3.61. The van der Waals surface area contributed by atoms with Gasteiger partial charge >= 0.3 is 0 Å². The van der Waals surface area contributed by atoms with E-state index in [1.54, 1.807) is 29.2 Å². The number of rotatable bonds is 6. The van der Waals surface area contributed by atoms with Gasteiger partial charge in [-0.1, -0.05) is 30.3 Å². The Morgan fingerprint density at radius 2 is 1.74 bits per heavy atom. The van der Waals surface area contributed by atoms with Crippen LogP contribution in [0.15, 0.2) is 69.9 Å². The monoisotopic (exact) mass is 420 g/mol. The number of hydrogen-bond donors (Lipinski definition) is 1. The van der Waals surface area contributed by atoms with Crippen molar-refractivity contribution in [3.63, 3.8) is 0 Å². The minimum absolute atomic E-state index is 0.00868. The number of nitrogens with zero attached hydrogens (tertiary/aromatic N) is 1. The highest BCUT2D eigenvalue weighted by Crippen LogP contribution is 2.18. The van der Waals surface area contributed by atoms with Crippen LogP contribution < -0.4 is 15.5 Å². The van der Waals surface area contributed by atoms with Crippen LogP contribution in [0.25, 0.3) is 11.0 Å². The van der Waals surface area contributed by atoms with Gasteiger partial charge in [0.15, 0.2) is 17.8 Å². The van der Waals surface area contributed by atoms with Crippen molar-refractivity contribution in [3.8, 4) is 5.75 Å². The maximum atomic E-state index is 12.5. The fourth-order valence-corrected chi connectivity index (χ4v) is 3.68. The van der Waals surface area contributed by atoms with Crippen LogP contribution in [0.1, 0.15) is 23.4 Å². The van der Waals surface area contributed by atoms with Gasteiger partial charge in [-0.05, 0) is 43.0 Å². The molecule has 1 saturated heterocycles. The van der Waals surface area contributed by atoms with E-state index < -0.39 is 5.91 Å². The maximum Gasteiger partial charge on any atom is 0.287 e. The molecule has 0 unspecified atom stereocenters. The predicted octanol–water partition coefficient (Wildman–Crippen LogP) is 2.84. The lowest BCUT2D eigenvalue weighted by atomic mass is 9.96. The number of benzene rings is 2. The summed E-state index contributed by atoms with van der Waals surface area (Å²) in [4.78, 5) is 38.8. The maximum absolute atomic E-state index is 12.5. The standard InChI is InChI=1S/C24H24N2O5/c27-20-14-22(31-21-9-5-4-8-19(20)21)24(29)25-15-17-10-12-26(13-11-17)23(28)16-30-18-6-2-1-3-7-18/h1-9,14,17H,10-13,15-16H2,(H,25,29). The molecule has 0 aliphatic carbocycles. The second-order valence-corrected chi connectivity index (χ2v) is 7.61. The van der Waals surface area contributed by atoms with Gasteiger partial charge in [-0.15, -0.1) is 0 Å². The Kier molecular flexibility index (Phi) is 6.31. The molecule has 2 amide bonds. The first-order valence-corrected chi connectivity index (χ1v) is 10.4. The molecule has 31 heavy (non-hydrogen) atoms. The van der Waals surface area contributed by atoms with E-state index in [-0.39, 0.29) is 29.6 Å². The van der Waals surface area contributed by atoms with Crippen LogP contribution in [0.4, 0.5) is 0 Å². The van der Waals surface area contributed by atoms with E-state index in [2.05, 4.69) is 5.32 Å². The quantitative estimate of drug-likeness (QED) is 0.662. The average Bonchev–Trinajstić information content (AvgIpc) is 2.82. The Labute approximate surface area is 179 Å². The molecule has 1 aliphatic heterocycles. The first kappa shape index (κ1) is 20.7. The van der Waals surface area contributed by atoms with E-state index in [1.165, 1.54) is 6.07 Å². The summed E-state index contributed by atoms with van der Waals surface area (Å²) in [5.74, 6) is 0.500. The van der Waals surface area contributed by atoms with Crippen LogP contribution in [0.2, 0.25) is 0 Å². The zero-order valence-corrected chi connectivity index (χ0v) is 17.1. The van der Waals surface area contributed by atoms with Gasteiger partial charge in [-0.25, -0.2) is 0 Å². The highest BCUT2D eigenvalue weighted by molar-refractivity contribution is 5.93. The molecule has 7 nitrogen and oxygen atoms in total. The molecule has 0 bridgehead atoms. The summed E-state index contributed by atoms with van der Waals surface area (Å²) in [6, 6.07) is 17.3. The lowest BCUT2D eigenvalue weighted by Gasteiger charge is -2.32. The van der Waals surface area contributed by atoms with E-state index in [0.717, 1.165) is 12.8 Å². The molecule has 0 spiro atoms. The smallest absolute Gasteiger partial charge is 0.287 e. The first-order valence-electron chi connectivity index (χ1n) is 10.4. The summed E-state index contributed by atoms with van der Waals surface area (Å²) in [7, 11) is 0. The van der Waals surface area contributed by atoms with Gasteiger partial charge in [0, 0.05) is 25.7 Å². The van der Waals surface area contributed by atoms with E-state index >= 15 is 0 Å². The largest absolute Gasteiger partial charge is 0.484 e. The molecule has 2 aromatic carbocycles. The molecule has 3 aromatic rings. The fraction of sp³-hybridized carbons (Fsp3) is 0.292. The second-order valence-electron chi connectivity index (χ2n) is 7.61. The summed E-state index contributed by atoms with van der Waals surface area (Å²) < 4.78 is 11.1. The molecule has 4 rings (SSSR count). The Bertz CT molecular complexity index is 1120. The van der Waals surface area contributed by atoms with E-state index in [0.29, 0.717) is 36.4 Å². The lowest BCUT2D eigenvalue weighted by molar-refractivity contribution is -0.134. The fourth-order valence-electron chi connectivity index (χ4n) is 3.68. The number of piperidine rings is 1. The number of hydrogen-bond acceptors (Lipinski definition) is 5. The molecule has 7 heteroatoms. The minimum atomic E-state index is -0.405. The van der Waals surface area contributed by atoms with Crippen LogP contribution in [-0.2, 0) is 4.79 Å². The summed E-state index contributed by atoms with van der Waals surface area (Å²) in [6.07, 6.45) is 1.58. The van der Waals surface area contributed by atoms with Crippen molar-refractivity contribution >= 4 is 22.8 Å². The van der Waals surface area contributed by atoms with Crippen molar-refractivity contribution < 1.29 is 18.7 Å². The molecule has 1 aliphatic rings. The molecule has 1 N–H and O–H groups in total. The van der Waals surface area contributed by atoms with Gasteiger partial charge in [0.2, 0.25) is 0 Å². The molecule has 1 aromatic heterocycles. The number of likely N-dealkylation sites (tertiary alicyclic amines) is 1. The Morgan fingerprint density at radius 1 is 1.03 bits per heavy atom. The number of para-hydroxylation sites is 2. The van der Waals surface area contributed by atoms with Crippen LogP contribution in [0.3, 0.4) is 0 Å². The summed E-state index contributed by atoms with van der Waals surface area (Å²) >= 11 is 0. The minimum Gasteiger partial charge on any atom is -0.484 e. The topological polar surface area (TPSA) is 88.9 Å². The molecule has 1 fully saturated rings. The lowest BCUT2D eigenvalue weighted by Crippen LogP contribution is -2.43. The number of carbonyl (C=O) groups is 2. The predicted molar refractivity (Wildman–Crippen MR) is 116 cm³/mol. The van der Waals surface area contributed by atoms with Gasteiger partial charge in [0.1, 0.15) is 11.3 Å². The molecule has 0 saturated carbocycles. The van der Waals surface area contributed by atoms with E-state index in [4.69, 9.17) is 9.15 Å². The molecule has 2 heterocycles. The van der Waals surface area contributed by atoms with Crippen molar-refractivity contribution in [1.29, 1.82) is 0 Å². The summed E-state index contributed by atoms with van der Waals surface area (Å²) in [5, 5.41) is 3.30. The average molecular weight is 420 g/mol. The van der Waals surface area contributed by atoms with E-state index in [1.807, 2.05) is 30.3 Å². The molecule has 0 atom stereocenters. The van der Waals surface area contributed by atoms with Gasteiger partial charge in [-0.3, -0.25) is 14.4 Å². The number of amides is 2. The summed E-state index contributed by atoms with van der Waals surface area (Å²) in [5.41, 5.74) is 0.154. The molecular weight excluding hydrogens is 396 g/mol. The third-order valence-electron chi connectivity index (χ3n) is 5.48. The zero-order chi connectivity index (χ0) is 21.6. The molecule has 160 valence electrons. The first-order chi connectivity index (χ1) is 15.1. The number of nitrogens with one attached hydrogen (secondary N) is 1. The second kappa shape index (κ2) is 9.47. The SMILES string of the molecule is O=C(NCC1CCN(C(=O)COc2ccccc2)CC1)c1cc(=O)c2ccccc2o1. The summed E-state index contributed by atoms with van der Waals surface area (Å²) in [6.45, 7) is 1.75. The Balaban J connectivity index is 1.24.